The van der Waals surface area contributed by atoms with Crippen molar-refractivity contribution in [2.75, 3.05) is 0 Å². The first-order valence-corrected chi connectivity index (χ1v) is 13.4. The van der Waals surface area contributed by atoms with Crippen LogP contribution in [0.4, 0.5) is 0 Å². The van der Waals surface area contributed by atoms with Crippen molar-refractivity contribution < 1.29 is 5.11 Å². The number of hydrogen-bond acceptors (Lipinski definition) is 1. The summed E-state index contributed by atoms with van der Waals surface area (Å²) in [4.78, 5) is 0. The van der Waals surface area contributed by atoms with Crippen molar-refractivity contribution in [2.24, 2.45) is 40.4 Å². The average molecular weight is 431 g/mol. The van der Waals surface area contributed by atoms with Gasteiger partial charge in [0.25, 0.3) is 0 Å². The van der Waals surface area contributed by atoms with Crippen LogP contribution < -0.4 is 0 Å². The Balaban J connectivity index is 2.03. The zero-order valence-electron chi connectivity index (χ0n) is 22.4. The summed E-state index contributed by atoms with van der Waals surface area (Å²) >= 11 is 0. The molecular formula is C30H54O. The Morgan fingerprint density at radius 3 is 2.35 bits per heavy atom. The summed E-state index contributed by atoms with van der Waals surface area (Å²) in [5.41, 5.74) is 3.49. The summed E-state index contributed by atoms with van der Waals surface area (Å²) < 4.78 is 0. The molecule has 2 aliphatic carbocycles. The number of allylic oxidation sites excluding steroid dienone is 4. The Bertz CT molecular complexity index is 622. The van der Waals surface area contributed by atoms with Crippen molar-refractivity contribution in [3.63, 3.8) is 0 Å². The summed E-state index contributed by atoms with van der Waals surface area (Å²) in [7, 11) is 0. The van der Waals surface area contributed by atoms with Crippen molar-refractivity contribution in [1.82, 2.24) is 0 Å². The molecule has 180 valence electrons. The van der Waals surface area contributed by atoms with Crippen LogP contribution in [0.1, 0.15) is 120 Å². The zero-order valence-corrected chi connectivity index (χ0v) is 22.4. The van der Waals surface area contributed by atoms with Crippen molar-refractivity contribution in [2.45, 2.75) is 126 Å². The Morgan fingerprint density at radius 2 is 1.74 bits per heavy atom. The Kier molecular flexibility index (Phi) is 9.51. The van der Waals surface area contributed by atoms with E-state index in [-0.39, 0.29) is 16.9 Å². The lowest BCUT2D eigenvalue weighted by Crippen LogP contribution is -2.50. The Labute approximate surface area is 195 Å². The summed E-state index contributed by atoms with van der Waals surface area (Å²) in [6.45, 7) is 21.4. The molecule has 0 spiro atoms. The molecule has 1 heteroatoms. The van der Waals surface area contributed by atoms with Gasteiger partial charge in [0.1, 0.15) is 0 Å². The fourth-order valence-electron chi connectivity index (χ4n) is 7.06. The van der Waals surface area contributed by atoms with Gasteiger partial charge in [-0.3, -0.25) is 0 Å². The lowest BCUT2D eigenvalue weighted by atomic mass is 9.51. The summed E-state index contributed by atoms with van der Waals surface area (Å²) in [5.74, 6) is 3.78. The van der Waals surface area contributed by atoms with Gasteiger partial charge in [0.05, 0.1) is 6.10 Å². The minimum absolute atomic E-state index is 0.0423. The fraction of sp³-hybridized carbons (Fsp3) is 0.867. The molecule has 0 radical (unpaired) electrons. The highest BCUT2D eigenvalue weighted by Crippen LogP contribution is 2.57. The molecule has 0 bridgehead atoms. The molecule has 31 heavy (non-hydrogen) atoms. The van der Waals surface area contributed by atoms with Gasteiger partial charge in [-0.25, -0.2) is 0 Å². The van der Waals surface area contributed by atoms with E-state index in [1.165, 1.54) is 50.5 Å². The molecule has 0 aromatic carbocycles. The van der Waals surface area contributed by atoms with Crippen molar-refractivity contribution in [3.05, 3.63) is 23.3 Å². The van der Waals surface area contributed by atoms with E-state index in [4.69, 9.17) is 0 Å². The molecule has 2 rings (SSSR count). The average Bonchev–Trinajstić information content (AvgIpc) is 2.70. The maximum absolute atomic E-state index is 10.6. The molecular weight excluding hydrogens is 376 g/mol. The van der Waals surface area contributed by atoms with Gasteiger partial charge in [-0.05, 0) is 106 Å². The third-order valence-corrected chi connectivity index (χ3v) is 9.59. The highest BCUT2D eigenvalue weighted by atomic mass is 16.3. The van der Waals surface area contributed by atoms with Crippen LogP contribution in [-0.2, 0) is 0 Å². The van der Waals surface area contributed by atoms with Gasteiger partial charge < -0.3 is 5.11 Å². The lowest BCUT2D eigenvalue weighted by molar-refractivity contribution is -0.0844. The monoisotopic (exact) mass is 430 g/mol. The predicted molar refractivity (Wildman–Crippen MR) is 137 cm³/mol. The number of rotatable bonds is 10. The van der Waals surface area contributed by atoms with E-state index >= 15 is 0 Å². The topological polar surface area (TPSA) is 20.2 Å². The molecule has 1 unspecified atom stereocenters. The van der Waals surface area contributed by atoms with Gasteiger partial charge in [0, 0.05) is 0 Å². The Hall–Kier alpha value is -0.560. The third-order valence-electron chi connectivity index (χ3n) is 9.59. The van der Waals surface area contributed by atoms with Crippen LogP contribution >= 0.6 is 0 Å². The molecule has 0 aromatic heterocycles. The number of fused-ring (bicyclic) bond motifs is 1. The highest BCUT2D eigenvalue weighted by Gasteiger charge is 2.51. The van der Waals surface area contributed by atoms with Gasteiger partial charge in [-0.1, -0.05) is 78.2 Å². The minimum Gasteiger partial charge on any atom is -0.393 e. The number of aliphatic hydroxyl groups excluding tert-OH is 1. The van der Waals surface area contributed by atoms with Crippen molar-refractivity contribution in [1.29, 1.82) is 0 Å². The highest BCUT2D eigenvalue weighted by molar-refractivity contribution is 5.20. The fourth-order valence-corrected chi connectivity index (χ4v) is 7.06. The quantitative estimate of drug-likeness (QED) is 0.343. The predicted octanol–water partition coefficient (Wildman–Crippen LogP) is 8.97. The van der Waals surface area contributed by atoms with Gasteiger partial charge >= 0.3 is 0 Å². The van der Waals surface area contributed by atoms with Gasteiger partial charge in [-0.15, -0.1) is 0 Å². The molecule has 7 atom stereocenters. The maximum Gasteiger partial charge on any atom is 0.0594 e. The van der Waals surface area contributed by atoms with Gasteiger partial charge in [0.15, 0.2) is 0 Å². The van der Waals surface area contributed by atoms with Gasteiger partial charge in [0.2, 0.25) is 0 Å². The first-order valence-electron chi connectivity index (χ1n) is 13.4. The van der Waals surface area contributed by atoms with E-state index in [0.29, 0.717) is 11.8 Å². The van der Waals surface area contributed by atoms with Crippen LogP contribution in [0.5, 0.6) is 0 Å². The summed E-state index contributed by atoms with van der Waals surface area (Å²) in [6, 6.07) is 0. The molecule has 2 aliphatic rings. The normalized spacial score (nSPS) is 31.7. The van der Waals surface area contributed by atoms with E-state index in [2.05, 4.69) is 74.5 Å². The van der Waals surface area contributed by atoms with Crippen LogP contribution in [0, 0.1) is 40.4 Å². The third kappa shape index (κ3) is 6.49. The molecule has 1 saturated carbocycles. The lowest BCUT2D eigenvalue weighted by Gasteiger charge is -2.54. The molecule has 1 nitrogen and oxygen atoms in total. The SMILES string of the molecule is CC[C@H](C)[C@H](CC[C@@H](C)C1=C[C@@]2(C)CC[C@H](O)C(C)(C)[C@@H]2CC1)C(C)CCC=C(C)C. The minimum atomic E-state index is -0.137. The summed E-state index contributed by atoms with van der Waals surface area (Å²) in [6.07, 6.45) is 16.1. The van der Waals surface area contributed by atoms with Crippen LogP contribution in [0.3, 0.4) is 0 Å². The second-order valence-corrected chi connectivity index (χ2v) is 12.6. The molecule has 0 amide bonds. The van der Waals surface area contributed by atoms with E-state index in [1.54, 1.807) is 5.57 Å². The van der Waals surface area contributed by atoms with Gasteiger partial charge in [-0.2, -0.15) is 0 Å². The standard InChI is InChI=1S/C30H54O/c1-10-22(4)26(24(6)13-11-12-21(2)3)16-14-23(5)25-15-17-27-29(7,8)28(31)18-19-30(27,9)20-25/h12,20,22-24,26-28,31H,10-11,13-19H2,1-9H3/t22-,23+,24?,26-,27-,28-,30+/m0/s1. The van der Waals surface area contributed by atoms with Crippen molar-refractivity contribution in [3.8, 4) is 0 Å². The Morgan fingerprint density at radius 1 is 1.06 bits per heavy atom. The number of aliphatic hydroxyl groups is 1. The van der Waals surface area contributed by atoms with Crippen molar-refractivity contribution >= 4 is 0 Å². The largest absolute Gasteiger partial charge is 0.393 e. The number of hydrogen-bond donors (Lipinski definition) is 1. The first kappa shape index (κ1) is 26.7. The first-order chi connectivity index (χ1) is 14.4. The second kappa shape index (κ2) is 11.0. The maximum atomic E-state index is 10.6. The smallest absolute Gasteiger partial charge is 0.0594 e. The molecule has 1 fully saturated rings. The van der Waals surface area contributed by atoms with E-state index in [1.807, 2.05) is 0 Å². The van der Waals surface area contributed by atoms with Crippen LogP contribution in [0.2, 0.25) is 0 Å². The zero-order chi connectivity index (χ0) is 23.4. The molecule has 0 heterocycles. The van der Waals surface area contributed by atoms with Crippen LogP contribution in [0.25, 0.3) is 0 Å². The molecule has 0 aliphatic heterocycles. The molecule has 0 saturated heterocycles. The van der Waals surface area contributed by atoms with E-state index < -0.39 is 0 Å². The second-order valence-electron chi connectivity index (χ2n) is 12.6. The van der Waals surface area contributed by atoms with Crippen LogP contribution in [-0.4, -0.2) is 11.2 Å². The van der Waals surface area contributed by atoms with E-state index in [0.717, 1.165) is 30.6 Å². The summed E-state index contributed by atoms with van der Waals surface area (Å²) in [5, 5.41) is 10.6. The molecule has 1 N–H and O–H groups in total. The van der Waals surface area contributed by atoms with E-state index in [9.17, 15) is 5.11 Å². The van der Waals surface area contributed by atoms with Crippen LogP contribution in [0.15, 0.2) is 23.3 Å². The molecule has 0 aromatic rings.